The van der Waals surface area contributed by atoms with Gasteiger partial charge in [0.1, 0.15) is 5.78 Å². The van der Waals surface area contributed by atoms with Crippen LogP contribution >= 0.6 is 0 Å². The van der Waals surface area contributed by atoms with E-state index in [4.69, 9.17) is 0 Å². The van der Waals surface area contributed by atoms with E-state index in [1.54, 1.807) is 27.7 Å². The van der Waals surface area contributed by atoms with Gasteiger partial charge in [-0.05, 0) is 40.5 Å². The molecule has 0 heterocycles. The van der Waals surface area contributed by atoms with E-state index in [1.165, 1.54) is 0 Å². The van der Waals surface area contributed by atoms with Gasteiger partial charge in [-0.2, -0.15) is 0 Å². The summed E-state index contributed by atoms with van der Waals surface area (Å²) in [7, 11) is 0. The summed E-state index contributed by atoms with van der Waals surface area (Å²) in [6, 6.07) is 0. The van der Waals surface area contributed by atoms with Crippen LogP contribution in [0.1, 0.15) is 82.1 Å². The van der Waals surface area contributed by atoms with Crippen molar-refractivity contribution in [2.24, 2.45) is 22.2 Å². The van der Waals surface area contributed by atoms with Crippen molar-refractivity contribution in [2.75, 3.05) is 0 Å². The van der Waals surface area contributed by atoms with Crippen LogP contribution in [-0.4, -0.2) is 28.3 Å². The Hall–Kier alpha value is -1.39. The number of carbonyl (C=O) groups is 3. The highest BCUT2D eigenvalue weighted by Gasteiger charge is 2.42. The van der Waals surface area contributed by atoms with Crippen molar-refractivity contribution >= 4 is 17.7 Å². The summed E-state index contributed by atoms with van der Waals surface area (Å²) < 4.78 is 0. The monoisotopic (exact) mass is 355 g/mol. The minimum Gasteiger partial charge on any atom is -0.481 e. The molecule has 0 aliphatic carbocycles. The number of rotatable bonds is 9. The molecule has 5 nitrogen and oxygen atoms in total. The van der Waals surface area contributed by atoms with Crippen LogP contribution in [0.3, 0.4) is 0 Å². The Morgan fingerprint density at radius 2 is 1.24 bits per heavy atom. The minimum absolute atomic E-state index is 0.0608. The Kier molecular flexibility index (Phi) is 7.05. The van der Waals surface area contributed by atoms with Gasteiger partial charge in [-0.25, -0.2) is 0 Å². The predicted molar refractivity (Wildman–Crippen MR) is 100 cm³/mol. The van der Waals surface area contributed by atoms with Crippen molar-refractivity contribution in [1.82, 2.24) is 5.32 Å². The molecule has 25 heavy (non-hydrogen) atoms. The third-order valence-electron chi connectivity index (χ3n) is 4.60. The molecule has 0 aliphatic heterocycles. The molecule has 0 fully saturated rings. The average molecular weight is 356 g/mol. The molecule has 0 bridgehead atoms. The zero-order chi connectivity index (χ0) is 20.4. The summed E-state index contributed by atoms with van der Waals surface area (Å²) in [5.74, 6) is -1.01. The summed E-state index contributed by atoms with van der Waals surface area (Å²) in [4.78, 5) is 36.6. The average Bonchev–Trinajstić information content (AvgIpc) is 2.33. The van der Waals surface area contributed by atoms with Crippen molar-refractivity contribution in [3.05, 3.63) is 0 Å². The Morgan fingerprint density at radius 1 is 0.800 bits per heavy atom. The first-order valence-corrected chi connectivity index (χ1v) is 8.94. The smallest absolute Gasteiger partial charge is 0.309 e. The van der Waals surface area contributed by atoms with Crippen LogP contribution in [0.15, 0.2) is 0 Å². The fourth-order valence-electron chi connectivity index (χ4n) is 3.75. The van der Waals surface area contributed by atoms with Crippen LogP contribution in [0.4, 0.5) is 0 Å². The molecule has 0 unspecified atom stereocenters. The minimum atomic E-state index is -0.988. The van der Waals surface area contributed by atoms with Gasteiger partial charge < -0.3 is 10.4 Å². The van der Waals surface area contributed by atoms with Crippen molar-refractivity contribution in [1.29, 1.82) is 0 Å². The number of carbonyl (C=O) groups excluding carboxylic acids is 2. The number of ketones is 1. The maximum Gasteiger partial charge on any atom is 0.309 e. The van der Waals surface area contributed by atoms with E-state index in [2.05, 4.69) is 5.32 Å². The van der Waals surface area contributed by atoms with Crippen LogP contribution in [-0.2, 0) is 14.4 Å². The molecule has 0 aliphatic rings. The highest BCUT2D eigenvalue weighted by molar-refractivity contribution is 5.86. The quantitative estimate of drug-likeness (QED) is 0.653. The summed E-state index contributed by atoms with van der Waals surface area (Å²) in [6.45, 7) is 18.1. The van der Waals surface area contributed by atoms with Crippen molar-refractivity contribution in [3.8, 4) is 0 Å². The lowest BCUT2D eigenvalue weighted by Gasteiger charge is -2.39. The normalized spacial score (nSPS) is 13.7. The molecule has 5 heteroatoms. The van der Waals surface area contributed by atoms with Crippen molar-refractivity contribution in [3.63, 3.8) is 0 Å². The van der Waals surface area contributed by atoms with Crippen molar-refractivity contribution < 1.29 is 19.5 Å². The van der Waals surface area contributed by atoms with E-state index in [0.717, 1.165) is 0 Å². The molecule has 0 aromatic heterocycles. The topological polar surface area (TPSA) is 83.5 Å². The zero-order valence-corrected chi connectivity index (χ0v) is 17.7. The SMILES string of the molecule is CC(C)C(=O)C(C)(C)CC(C)(C)NC(=O)C(C)(C)CC(C)(C)C(=O)O. The first-order valence-electron chi connectivity index (χ1n) is 8.94. The molecule has 0 aromatic rings. The Bertz CT molecular complexity index is 528. The Balaban J connectivity index is 5.19. The van der Waals surface area contributed by atoms with Gasteiger partial charge in [0.05, 0.1) is 5.41 Å². The largest absolute Gasteiger partial charge is 0.481 e. The fraction of sp³-hybridized carbons (Fsp3) is 0.850. The molecule has 0 aromatic carbocycles. The Morgan fingerprint density at radius 3 is 1.60 bits per heavy atom. The van der Waals surface area contributed by atoms with Gasteiger partial charge in [-0.3, -0.25) is 14.4 Å². The number of nitrogens with one attached hydrogen (secondary N) is 1. The maximum atomic E-state index is 12.8. The van der Waals surface area contributed by atoms with Gasteiger partial charge in [0.25, 0.3) is 0 Å². The molecule has 1 amide bonds. The van der Waals surface area contributed by atoms with E-state index in [1.807, 2.05) is 41.5 Å². The van der Waals surface area contributed by atoms with Gasteiger partial charge in [0.15, 0.2) is 0 Å². The highest BCUT2D eigenvalue weighted by Crippen LogP contribution is 2.36. The molecule has 0 rings (SSSR count). The second-order valence-electron chi connectivity index (χ2n) is 10.2. The zero-order valence-electron chi connectivity index (χ0n) is 17.7. The van der Waals surface area contributed by atoms with Crippen LogP contribution < -0.4 is 5.32 Å². The van der Waals surface area contributed by atoms with E-state index in [0.29, 0.717) is 6.42 Å². The summed E-state index contributed by atoms with van der Waals surface area (Å²) in [6.07, 6.45) is 0.743. The molecule has 2 N–H and O–H groups in total. The van der Waals surface area contributed by atoms with Gasteiger partial charge in [0, 0.05) is 22.3 Å². The number of amides is 1. The van der Waals surface area contributed by atoms with E-state index in [9.17, 15) is 19.5 Å². The highest BCUT2D eigenvalue weighted by atomic mass is 16.4. The lowest BCUT2D eigenvalue weighted by atomic mass is 9.72. The number of hydrogen-bond donors (Lipinski definition) is 2. The molecule has 146 valence electrons. The molecule has 0 atom stereocenters. The lowest BCUT2D eigenvalue weighted by Crippen LogP contribution is -2.52. The number of carboxylic acid groups (broad SMARTS) is 1. The summed E-state index contributed by atoms with van der Waals surface area (Å²) in [5.41, 5.74) is -2.94. The van der Waals surface area contributed by atoms with E-state index in [-0.39, 0.29) is 24.0 Å². The van der Waals surface area contributed by atoms with Gasteiger partial charge in [-0.1, -0.05) is 41.5 Å². The van der Waals surface area contributed by atoms with Gasteiger partial charge >= 0.3 is 5.97 Å². The lowest BCUT2D eigenvalue weighted by molar-refractivity contribution is -0.150. The van der Waals surface area contributed by atoms with Crippen LogP contribution in [0, 0.1) is 22.2 Å². The molecule has 0 saturated heterocycles. The van der Waals surface area contributed by atoms with Crippen LogP contribution in [0.5, 0.6) is 0 Å². The van der Waals surface area contributed by atoms with Gasteiger partial charge in [-0.15, -0.1) is 0 Å². The molecule has 0 spiro atoms. The van der Waals surface area contributed by atoms with Crippen LogP contribution in [0.2, 0.25) is 0 Å². The van der Waals surface area contributed by atoms with Gasteiger partial charge in [0.2, 0.25) is 5.91 Å². The molecule has 0 radical (unpaired) electrons. The maximum absolute atomic E-state index is 12.8. The first-order chi connectivity index (χ1) is 10.8. The third-order valence-corrected chi connectivity index (χ3v) is 4.60. The second-order valence-corrected chi connectivity index (χ2v) is 10.2. The van der Waals surface area contributed by atoms with E-state index < -0.39 is 27.8 Å². The third kappa shape index (κ3) is 6.79. The number of aliphatic carboxylic acids is 1. The number of carboxylic acids is 1. The molecule has 0 saturated carbocycles. The standard InChI is InChI=1S/C20H37NO4/c1-13(2)14(22)17(3,4)12-20(9,10)21-15(23)18(5,6)11-19(7,8)16(24)25/h13H,11-12H2,1-10H3,(H,21,23)(H,24,25). The first kappa shape index (κ1) is 23.6. The van der Waals surface area contributed by atoms with Crippen LogP contribution in [0.25, 0.3) is 0 Å². The predicted octanol–water partition coefficient (Wildman–Crippen LogP) is 4.05. The summed E-state index contributed by atoms with van der Waals surface area (Å²) in [5, 5.41) is 12.3. The van der Waals surface area contributed by atoms with Crippen molar-refractivity contribution in [2.45, 2.75) is 87.6 Å². The molecular weight excluding hydrogens is 318 g/mol. The summed E-state index contributed by atoms with van der Waals surface area (Å²) >= 11 is 0. The Labute approximate surface area is 153 Å². The number of Topliss-reactive ketones (excluding diaryl/α,β-unsaturated/α-hetero) is 1. The fourth-order valence-corrected chi connectivity index (χ4v) is 3.75. The second kappa shape index (κ2) is 7.46. The molecular formula is C20H37NO4. The number of hydrogen-bond acceptors (Lipinski definition) is 3. The van der Waals surface area contributed by atoms with E-state index >= 15 is 0 Å².